The van der Waals surface area contributed by atoms with Gasteiger partial charge in [-0.3, -0.25) is 4.79 Å². The highest BCUT2D eigenvalue weighted by atomic mass is 32.2. The Kier molecular flexibility index (Phi) is 4.77. The van der Waals surface area contributed by atoms with E-state index in [1.165, 1.54) is 10.6 Å². The largest absolute Gasteiger partial charge is 0.378 e. The smallest absolute Gasteiger partial charge is 0.239 e. The van der Waals surface area contributed by atoms with Crippen molar-refractivity contribution < 1.29 is 17.9 Å². The third-order valence-corrected chi connectivity index (χ3v) is 4.81. The van der Waals surface area contributed by atoms with E-state index in [-0.39, 0.29) is 18.0 Å². The summed E-state index contributed by atoms with van der Waals surface area (Å²) < 4.78 is 29.4. The van der Waals surface area contributed by atoms with Crippen LogP contribution in [0, 0.1) is 0 Å². The molecule has 2 heterocycles. The number of carbonyl (C=O) groups is 1. The summed E-state index contributed by atoms with van der Waals surface area (Å²) in [7, 11) is -3.11. The predicted molar refractivity (Wildman–Crippen MR) is 70.2 cm³/mol. The van der Waals surface area contributed by atoms with E-state index >= 15 is 0 Å². The minimum atomic E-state index is -3.11. The summed E-state index contributed by atoms with van der Waals surface area (Å²) in [5.41, 5.74) is 0. The third-order valence-electron chi connectivity index (χ3n) is 3.51. The van der Waals surface area contributed by atoms with Crippen molar-refractivity contribution in [3.05, 3.63) is 0 Å². The maximum Gasteiger partial charge on any atom is 0.239 e. The summed E-state index contributed by atoms with van der Waals surface area (Å²) in [6, 6.07) is -0.240. The second-order valence-electron chi connectivity index (χ2n) is 5.03. The summed E-state index contributed by atoms with van der Waals surface area (Å²) in [6.07, 6.45) is 2.54. The molecule has 2 saturated heterocycles. The van der Waals surface area contributed by atoms with Gasteiger partial charge in [-0.05, 0) is 12.8 Å². The Balaban J connectivity index is 1.77. The minimum Gasteiger partial charge on any atom is -0.378 e. The maximum atomic E-state index is 12.0. The molecule has 7 nitrogen and oxygen atoms in total. The summed E-state index contributed by atoms with van der Waals surface area (Å²) in [4.78, 5) is 12.0. The standard InChI is InChI=1S/C11H21N3O4S/c1-19(16,17)14-5-2-9(3-6-14)13-11(15)10-8-18-7-4-12-10/h9-10,12H,2-8H2,1H3,(H,13,15). The zero-order valence-corrected chi connectivity index (χ0v) is 11.9. The molecule has 0 aromatic rings. The summed E-state index contributed by atoms with van der Waals surface area (Å²) >= 11 is 0. The van der Waals surface area contributed by atoms with Crippen molar-refractivity contribution in [2.24, 2.45) is 0 Å². The molecule has 0 spiro atoms. The van der Waals surface area contributed by atoms with Crippen molar-refractivity contribution in [1.82, 2.24) is 14.9 Å². The quantitative estimate of drug-likeness (QED) is 0.662. The molecule has 0 saturated carbocycles. The number of hydrogen-bond donors (Lipinski definition) is 2. The van der Waals surface area contributed by atoms with Gasteiger partial charge in [-0.15, -0.1) is 0 Å². The number of nitrogens with one attached hydrogen (secondary N) is 2. The van der Waals surface area contributed by atoms with Crippen molar-refractivity contribution >= 4 is 15.9 Å². The first kappa shape index (κ1) is 14.7. The maximum absolute atomic E-state index is 12.0. The Bertz CT molecular complexity index is 412. The van der Waals surface area contributed by atoms with E-state index in [4.69, 9.17) is 4.74 Å². The number of rotatable bonds is 3. The topological polar surface area (TPSA) is 87.7 Å². The van der Waals surface area contributed by atoms with Gasteiger partial charge in [0.05, 0.1) is 19.5 Å². The zero-order valence-electron chi connectivity index (χ0n) is 11.1. The first-order valence-corrected chi connectivity index (χ1v) is 8.38. The van der Waals surface area contributed by atoms with Gasteiger partial charge in [0.1, 0.15) is 6.04 Å². The van der Waals surface area contributed by atoms with Gasteiger partial charge in [0.2, 0.25) is 15.9 Å². The average Bonchev–Trinajstić information content (AvgIpc) is 2.39. The number of hydrogen-bond acceptors (Lipinski definition) is 5. The van der Waals surface area contributed by atoms with E-state index in [1.807, 2.05) is 0 Å². The number of amides is 1. The van der Waals surface area contributed by atoms with Gasteiger partial charge >= 0.3 is 0 Å². The van der Waals surface area contributed by atoms with Gasteiger partial charge in [-0.25, -0.2) is 12.7 Å². The average molecular weight is 291 g/mol. The van der Waals surface area contributed by atoms with Crippen LogP contribution in [0.15, 0.2) is 0 Å². The normalized spacial score (nSPS) is 27.1. The van der Waals surface area contributed by atoms with E-state index in [1.54, 1.807) is 0 Å². The fraction of sp³-hybridized carbons (Fsp3) is 0.909. The van der Waals surface area contributed by atoms with Crippen LogP contribution < -0.4 is 10.6 Å². The molecular formula is C11H21N3O4S. The molecule has 0 aromatic carbocycles. The highest BCUT2D eigenvalue weighted by Gasteiger charge is 2.28. The van der Waals surface area contributed by atoms with Gasteiger partial charge in [-0.1, -0.05) is 0 Å². The zero-order chi connectivity index (χ0) is 13.9. The first-order chi connectivity index (χ1) is 8.97. The molecule has 2 aliphatic heterocycles. The van der Waals surface area contributed by atoms with Crippen LogP contribution >= 0.6 is 0 Å². The molecule has 2 rings (SSSR count). The molecule has 2 fully saturated rings. The molecule has 2 N–H and O–H groups in total. The van der Waals surface area contributed by atoms with Gasteiger partial charge in [0.15, 0.2) is 0 Å². The lowest BCUT2D eigenvalue weighted by atomic mass is 10.1. The van der Waals surface area contributed by atoms with Gasteiger partial charge in [0.25, 0.3) is 0 Å². The monoisotopic (exact) mass is 291 g/mol. The van der Waals surface area contributed by atoms with Crippen LogP contribution in [0.2, 0.25) is 0 Å². The number of nitrogens with zero attached hydrogens (tertiary/aromatic N) is 1. The number of morpholine rings is 1. The third kappa shape index (κ3) is 4.13. The molecule has 1 amide bonds. The van der Waals surface area contributed by atoms with E-state index in [2.05, 4.69) is 10.6 Å². The number of ether oxygens (including phenoxy) is 1. The lowest BCUT2D eigenvalue weighted by molar-refractivity contribution is -0.126. The van der Waals surface area contributed by atoms with E-state index < -0.39 is 10.0 Å². The van der Waals surface area contributed by atoms with Crippen molar-refractivity contribution in [3.63, 3.8) is 0 Å². The number of sulfonamides is 1. The van der Waals surface area contributed by atoms with E-state index in [0.29, 0.717) is 45.7 Å². The van der Waals surface area contributed by atoms with Crippen molar-refractivity contribution in [3.8, 4) is 0 Å². The first-order valence-electron chi connectivity index (χ1n) is 6.53. The van der Waals surface area contributed by atoms with Crippen molar-refractivity contribution in [1.29, 1.82) is 0 Å². The van der Waals surface area contributed by atoms with Gasteiger partial charge < -0.3 is 15.4 Å². The molecule has 8 heteroatoms. The van der Waals surface area contributed by atoms with Crippen LogP contribution in [0.5, 0.6) is 0 Å². The highest BCUT2D eigenvalue weighted by Crippen LogP contribution is 2.13. The van der Waals surface area contributed by atoms with Crippen LogP contribution in [-0.4, -0.2) is 69.8 Å². The Hall–Kier alpha value is -0.700. The molecule has 2 aliphatic rings. The molecular weight excluding hydrogens is 270 g/mol. The Morgan fingerprint density at radius 1 is 1.37 bits per heavy atom. The highest BCUT2D eigenvalue weighted by molar-refractivity contribution is 7.88. The SMILES string of the molecule is CS(=O)(=O)N1CCC(NC(=O)C2COCCN2)CC1. The fourth-order valence-electron chi connectivity index (χ4n) is 2.37. The van der Waals surface area contributed by atoms with Crippen LogP contribution in [-0.2, 0) is 19.6 Å². The van der Waals surface area contributed by atoms with Crippen LogP contribution in [0.4, 0.5) is 0 Å². The van der Waals surface area contributed by atoms with Crippen LogP contribution in [0.1, 0.15) is 12.8 Å². The van der Waals surface area contributed by atoms with Crippen molar-refractivity contribution in [2.45, 2.75) is 24.9 Å². The summed E-state index contributed by atoms with van der Waals surface area (Å²) in [5.74, 6) is -0.0579. The van der Waals surface area contributed by atoms with Gasteiger partial charge in [0, 0.05) is 25.7 Å². The molecule has 1 atom stereocenters. The second kappa shape index (κ2) is 6.17. The molecule has 0 radical (unpaired) electrons. The molecule has 1 unspecified atom stereocenters. The summed E-state index contributed by atoms with van der Waals surface area (Å²) in [6.45, 7) is 2.66. The fourth-order valence-corrected chi connectivity index (χ4v) is 3.24. The van der Waals surface area contributed by atoms with Crippen molar-refractivity contribution in [2.75, 3.05) is 39.1 Å². The second-order valence-corrected chi connectivity index (χ2v) is 7.01. The van der Waals surface area contributed by atoms with E-state index in [0.717, 1.165) is 0 Å². The predicted octanol–water partition coefficient (Wildman–Crippen LogP) is -1.48. The minimum absolute atomic E-state index is 0.0502. The number of carbonyl (C=O) groups excluding carboxylic acids is 1. The van der Waals surface area contributed by atoms with Crippen LogP contribution in [0.25, 0.3) is 0 Å². The molecule has 0 aromatic heterocycles. The lowest BCUT2D eigenvalue weighted by Crippen LogP contribution is -2.55. The van der Waals surface area contributed by atoms with Crippen LogP contribution in [0.3, 0.4) is 0 Å². The molecule has 19 heavy (non-hydrogen) atoms. The molecule has 110 valence electrons. The Morgan fingerprint density at radius 3 is 2.58 bits per heavy atom. The lowest BCUT2D eigenvalue weighted by Gasteiger charge is -2.32. The molecule has 0 bridgehead atoms. The Labute approximate surface area is 113 Å². The summed E-state index contributed by atoms with van der Waals surface area (Å²) in [5, 5.41) is 6.06. The number of piperidine rings is 1. The van der Waals surface area contributed by atoms with E-state index in [9.17, 15) is 13.2 Å². The van der Waals surface area contributed by atoms with Gasteiger partial charge in [-0.2, -0.15) is 0 Å². The molecule has 0 aliphatic carbocycles. The Morgan fingerprint density at radius 2 is 2.05 bits per heavy atom.